The van der Waals surface area contributed by atoms with Gasteiger partial charge in [0, 0.05) is 37.9 Å². The number of halogens is 3. The number of para-hydroxylation sites is 1. The SMILES string of the molecule is O=C(c1ccc(Oc2ccccc2)cc1)N1CCN(c2ccc(C(F)(F)F)cn2)CC1. The third-order valence-electron chi connectivity index (χ3n) is 5.05. The second-order valence-electron chi connectivity index (χ2n) is 7.12. The van der Waals surface area contributed by atoms with Gasteiger partial charge >= 0.3 is 6.18 Å². The Bertz CT molecular complexity index is 1010. The number of pyridine rings is 1. The highest BCUT2D eigenvalue weighted by molar-refractivity contribution is 5.94. The number of carbonyl (C=O) groups excluding carboxylic acids is 1. The molecule has 3 aromatic rings. The van der Waals surface area contributed by atoms with Crippen LogP contribution in [0.3, 0.4) is 0 Å². The third kappa shape index (κ3) is 4.96. The van der Waals surface area contributed by atoms with Gasteiger partial charge in [0.2, 0.25) is 0 Å². The second kappa shape index (κ2) is 8.67. The first-order valence-electron chi connectivity index (χ1n) is 9.80. The van der Waals surface area contributed by atoms with Gasteiger partial charge in [0.25, 0.3) is 5.91 Å². The van der Waals surface area contributed by atoms with E-state index >= 15 is 0 Å². The summed E-state index contributed by atoms with van der Waals surface area (Å²) in [6.45, 7) is 1.92. The average Bonchev–Trinajstić information content (AvgIpc) is 2.79. The number of ether oxygens (including phenoxy) is 1. The first kappa shape index (κ1) is 20.7. The minimum atomic E-state index is -4.40. The molecule has 0 bridgehead atoms. The van der Waals surface area contributed by atoms with Crippen molar-refractivity contribution in [2.45, 2.75) is 6.18 Å². The zero-order valence-corrected chi connectivity index (χ0v) is 16.5. The molecule has 2 aromatic carbocycles. The smallest absolute Gasteiger partial charge is 0.417 e. The molecule has 0 spiro atoms. The molecule has 0 saturated carbocycles. The summed E-state index contributed by atoms with van der Waals surface area (Å²) in [6.07, 6.45) is -3.57. The summed E-state index contributed by atoms with van der Waals surface area (Å²) in [5.74, 6) is 1.74. The molecule has 1 aromatic heterocycles. The molecule has 0 atom stereocenters. The van der Waals surface area contributed by atoms with E-state index < -0.39 is 11.7 Å². The molecular weight excluding hydrogens is 407 g/mol. The van der Waals surface area contributed by atoms with E-state index in [0.29, 0.717) is 43.3 Å². The van der Waals surface area contributed by atoms with Crippen molar-refractivity contribution in [1.29, 1.82) is 0 Å². The van der Waals surface area contributed by atoms with Crippen LogP contribution in [0.15, 0.2) is 72.9 Å². The summed E-state index contributed by atoms with van der Waals surface area (Å²) in [6, 6.07) is 18.7. The molecule has 0 aliphatic carbocycles. The summed E-state index contributed by atoms with van der Waals surface area (Å²) < 4.78 is 43.8. The standard InChI is InChI=1S/C23H20F3N3O2/c24-23(25,26)18-8-11-21(27-16-18)28-12-14-29(15-13-28)22(30)17-6-9-20(10-7-17)31-19-4-2-1-3-5-19/h1-11,16H,12-15H2. The molecule has 0 unspecified atom stereocenters. The molecule has 1 aliphatic heterocycles. The summed E-state index contributed by atoms with van der Waals surface area (Å²) in [5, 5.41) is 0. The molecule has 5 nitrogen and oxygen atoms in total. The van der Waals surface area contributed by atoms with E-state index in [1.807, 2.05) is 35.2 Å². The van der Waals surface area contributed by atoms with Gasteiger partial charge in [-0.15, -0.1) is 0 Å². The predicted octanol–water partition coefficient (Wildman–Crippen LogP) is 4.86. The van der Waals surface area contributed by atoms with Crippen LogP contribution >= 0.6 is 0 Å². The fraction of sp³-hybridized carbons (Fsp3) is 0.217. The van der Waals surface area contributed by atoms with Gasteiger partial charge in [-0.25, -0.2) is 4.98 Å². The summed E-state index contributed by atoms with van der Waals surface area (Å²) >= 11 is 0. The Kier molecular flexibility index (Phi) is 5.79. The maximum Gasteiger partial charge on any atom is 0.417 e. The summed E-state index contributed by atoms with van der Waals surface area (Å²) in [5.41, 5.74) is -0.216. The van der Waals surface area contributed by atoms with Crippen molar-refractivity contribution in [2.75, 3.05) is 31.1 Å². The molecule has 1 fully saturated rings. The molecule has 2 heterocycles. The van der Waals surface area contributed by atoms with Gasteiger partial charge in [0.05, 0.1) is 5.56 Å². The van der Waals surface area contributed by atoms with E-state index in [0.717, 1.165) is 18.0 Å². The molecule has 8 heteroatoms. The number of alkyl halides is 3. The van der Waals surface area contributed by atoms with Crippen LogP contribution in [0.2, 0.25) is 0 Å². The fourth-order valence-electron chi connectivity index (χ4n) is 3.35. The largest absolute Gasteiger partial charge is 0.457 e. The number of benzene rings is 2. The van der Waals surface area contributed by atoms with Crippen LogP contribution < -0.4 is 9.64 Å². The number of hydrogen-bond donors (Lipinski definition) is 0. The van der Waals surface area contributed by atoms with Crippen molar-refractivity contribution in [3.8, 4) is 11.5 Å². The molecule has 160 valence electrons. The predicted molar refractivity (Wildman–Crippen MR) is 110 cm³/mol. The highest BCUT2D eigenvalue weighted by Crippen LogP contribution is 2.29. The quantitative estimate of drug-likeness (QED) is 0.597. The first-order chi connectivity index (χ1) is 14.9. The van der Waals surface area contributed by atoms with Crippen molar-refractivity contribution in [3.05, 3.63) is 84.1 Å². The number of piperazine rings is 1. The van der Waals surface area contributed by atoms with E-state index in [9.17, 15) is 18.0 Å². The lowest BCUT2D eigenvalue weighted by Gasteiger charge is -2.35. The van der Waals surface area contributed by atoms with Gasteiger partial charge in [-0.2, -0.15) is 13.2 Å². The van der Waals surface area contributed by atoms with Crippen LogP contribution in [-0.4, -0.2) is 42.0 Å². The minimum Gasteiger partial charge on any atom is -0.457 e. The zero-order chi connectivity index (χ0) is 21.8. The van der Waals surface area contributed by atoms with E-state index in [4.69, 9.17) is 4.74 Å². The van der Waals surface area contributed by atoms with Crippen molar-refractivity contribution >= 4 is 11.7 Å². The van der Waals surface area contributed by atoms with Crippen LogP contribution in [0.25, 0.3) is 0 Å². The van der Waals surface area contributed by atoms with Crippen LogP contribution in [0, 0.1) is 0 Å². The first-order valence-corrected chi connectivity index (χ1v) is 9.80. The van der Waals surface area contributed by atoms with Gasteiger partial charge < -0.3 is 14.5 Å². The monoisotopic (exact) mass is 427 g/mol. The third-order valence-corrected chi connectivity index (χ3v) is 5.05. The van der Waals surface area contributed by atoms with Crippen LogP contribution in [0.1, 0.15) is 15.9 Å². The van der Waals surface area contributed by atoms with Gasteiger partial charge in [-0.1, -0.05) is 18.2 Å². The maximum absolute atomic E-state index is 12.8. The Morgan fingerprint density at radius 2 is 1.48 bits per heavy atom. The zero-order valence-electron chi connectivity index (χ0n) is 16.5. The number of anilines is 1. The lowest BCUT2D eigenvalue weighted by atomic mass is 10.1. The number of amides is 1. The number of hydrogen-bond acceptors (Lipinski definition) is 4. The summed E-state index contributed by atoms with van der Waals surface area (Å²) in [4.78, 5) is 20.3. The van der Waals surface area contributed by atoms with Crippen molar-refractivity contribution in [3.63, 3.8) is 0 Å². The Morgan fingerprint density at radius 3 is 2.06 bits per heavy atom. The topological polar surface area (TPSA) is 45.7 Å². The minimum absolute atomic E-state index is 0.0914. The molecular formula is C23H20F3N3O2. The highest BCUT2D eigenvalue weighted by atomic mass is 19.4. The normalized spacial score (nSPS) is 14.4. The lowest BCUT2D eigenvalue weighted by Crippen LogP contribution is -2.49. The van der Waals surface area contributed by atoms with Crippen LogP contribution in [0.4, 0.5) is 19.0 Å². The molecule has 0 N–H and O–H groups in total. The Labute approximate surface area is 177 Å². The molecule has 1 amide bonds. The maximum atomic E-state index is 12.8. The van der Waals surface area contributed by atoms with Gasteiger partial charge in [-0.05, 0) is 48.5 Å². The number of nitrogens with zero attached hydrogens (tertiary/aromatic N) is 3. The van der Waals surface area contributed by atoms with Gasteiger partial charge in [0.15, 0.2) is 0 Å². The van der Waals surface area contributed by atoms with Crippen molar-refractivity contribution in [2.24, 2.45) is 0 Å². The van der Waals surface area contributed by atoms with E-state index in [1.165, 1.54) is 6.07 Å². The van der Waals surface area contributed by atoms with Crippen LogP contribution in [0.5, 0.6) is 11.5 Å². The van der Waals surface area contributed by atoms with E-state index in [2.05, 4.69) is 4.98 Å². The van der Waals surface area contributed by atoms with Gasteiger partial charge in [-0.3, -0.25) is 4.79 Å². The summed E-state index contributed by atoms with van der Waals surface area (Å²) in [7, 11) is 0. The van der Waals surface area contributed by atoms with Gasteiger partial charge in [0.1, 0.15) is 17.3 Å². The van der Waals surface area contributed by atoms with E-state index in [1.54, 1.807) is 29.2 Å². The molecule has 1 aliphatic rings. The van der Waals surface area contributed by atoms with Crippen molar-refractivity contribution in [1.82, 2.24) is 9.88 Å². The lowest BCUT2D eigenvalue weighted by molar-refractivity contribution is -0.137. The Balaban J connectivity index is 1.34. The fourth-order valence-corrected chi connectivity index (χ4v) is 3.35. The number of rotatable bonds is 4. The average molecular weight is 427 g/mol. The Hall–Kier alpha value is -3.55. The number of carbonyl (C=O) groups is 1. The molecule has 1 saturated heterocycles. The number of aromatic nitrogens is 1. The Morgan fingerprint density at radius 1 is 0.839 bits per heavy atom. The highest BCUT2D eigenvalue weighted by Gasteiger charge is 2.31. The molecule has 31 heavy (non-hydrogen) atoms. The van der Waals surface area contributed by atoms with Crippen LogP contribution in [-0.2, 0) is 6.18 Å². The van der Waals surface area contributed by atoms with Crippen molar-refractivity contribution < 1.29 is 22.7 Å². The molecule has 4 rings (SSSR count). The molecule has 0 radical (unpaired) electrons. The second-order valence-corrected chi connectivity index (χ2v) is 7.12. The van der Waals surface area contributed by atoms with E-state index in [-0.39, 0.29) is 5.91 Å².